The van der Waals surface area contributed by atoms with Crippen LogP contribution in [0.25, 0.3) is 11.2 Å². The number of hydrogen-bond acceptors (Lipinski definition) is 6. The molecule has 0 radical (unpaired) electrons. The number of anilines is 1. The zero-order valence-corrected chi connectivity index (χ0v) is 12.0. The lowest BCUT2D eigenvalue weighted by Crippen LogP contribution is -2.44. The van der Waals surface area contributed by atoms with Gasteiger partial charge in [-0.2, -0.15) is 9.97 Å². The van der Waals surface area contributed by atoms with Gasteiger partial charge in [0.05, 0.1) is 6.54 Å². The Labute approximate surface area is 121 Å². The van der Waals surface area contributed by atoms with E-state index in [4.69, 9.17) is 4.74 Å². The van der Waals surface area contributed by atoms with Gasteiger partial charge in [-0.3, -0.25) is 9.36 Å². The minimum absolute atomic E-state index is 0.0526. The summed E-state index contributed by atoms with van der Waals surface area (Å²) in [5, 5.41) is 3.32. The summed E-state index contributed by atoms with van der Waals surface area (Å²) in [5.74, 6) is 0.836. The molecule has 0 saturated carbocycles. The second-order valence-electron chi connectivity index (χ2n) is 5.26. The number of aryl methyl sites for hydroxylation is 1. The predicted molar refractivity (Wildman–Crippen MR) is 78.0 cm³/mol. The van der Waals surface area contributed by atoms with E-state index < -0.39 is 0 Å². The summed E-state index contributed by atoms with van der Waals surface area (Å²) in [6, 6.07) is 0.389. The van der Waals surface area contributed by atoms with Crippen LogP contribution in [0.5, 0.6) is 6.01 Å². The highest BCUT2D eigenvalue weighted by Crippen LogP contribution is 2.22. The van der Waals surface area contributed by atoms with E-state index in [1.54, 1.807) is 4.57 Å². The topological polar surface area (TPSA) is 77.2 Å². The van der Waals surface area contributed by atoms with Gasteiger partial charge < -0.3 is 19.5 Å². The Balaban J connectivity index is 1.93. The fourth-order valence-electron chi connectivity index (χ4n) is 3.02. The average molecular weight is 290 g/mol. The first-order valence-electron chi connectivity index (χ1n) is 7.39. The number of nitrogens with zero attached hydrogens (tertiary/aromatic N) is 5. The molecule has 0 spiro atoms. The van der Waals surface area contributed by atoms with Gasteiger partial charge in [0.25, 0.3) is 5.56 Å². The SMILES string of the molecule is CCn1c(N2CCNCC2)nc2nc3n(c(=O)c21)CCO3. The lowest BCUT2D eigenvalue weighted by Gasteiger charge is -2.28. The Morgan fingerprint density at radius 1 is 1.24 bits per heavy atom. The van der Waals surface area contributed by atoms with E-state index in [9.17, 15) is 4.79 Å². The molecule has 2 aliphatic rings. The van der Waals surface area contributed by atoms with Gasteiger partial charge in [0.15, 0.2) is 11.2 Å². The quantitative estimate of drug-likeness (QED) is 0.797. The van der Waals surface area contributed by atoms with Gasteiger partial charge in [-0.15, -0.1) is 0 Å². The predicted octanol–water partition coefficient (Wildman–Crippen LogP) is -0.585. The van der Waals surface area contributed by atoms with Gasteiger partial charge in [0.2, 0.25) is 5.95 Å². The summed E-state index contributed by atoms with van der Waals surface area (Å²) >= 11 is 0. The van der Waals surface area contributed by atoms with E-state index in [1.807, 2.05) is 11.5 Å². The van der Waals surface area contributed by atoms with E-state index >= 15 is 0 Å². The van der Waals surface area contributed by atoms with Gasteiger partial charge in [-0.25, -0.2) is 0 Å². The third-order valence-electron chi connectivity index (χ3n) is 4.07. The van der Waals surface area contributed by atoms with Crippen LogP contribution < -0.4 is 20.5 Å². The Bertz CT molecular complexity index is 743. The average Bonchev–Trinajstić information content (AvgIpc) is 3.12. The van der Waals surface area contributed by atoms with E-state index in [1.165, 1.54) is 0 Å². The number of aromatic nitrogens is 4. The Morgan fingerprint density at radius 2 is 2.05 bits per heavy atom. The van der Waals surface area contributed by atoms with Crippen molar-refractivity contribution < 1.29 is 4.74 Å². The Kier molecular flexibility index (Phi) is 2.85. The molecule has 8 nitrogen and oxygen atoms in total. The summed E-state index contributed by atoms with van der Waals surface area (Å²) in [6.07, 6.45) is 0. The molecule has 1 saturated heterocycles. The maximum atomic E-state index is 12.6. The van der Waals surface area contributed by atoms with Crippen LogP contribution in [0.2, 0.25) is 0 Å². The number of imidazole rings is 1. The number of ether oxygens (including phenoxy) is 1. The van der Waals surface area contributed by atoms with Crippen LogP contribution in [0.3, 0.4) is 0 Å². The molecular weight excluding hydrogens is 272 g/mol. The van der Waals surface area contributed by atoms with Crippen molar-refractivity contribution in [3.05, 3.63) is 10.4 Å². The largest absolute Gasteiger partial charge is 0.463 e. The van der Waals surface area contributed by atoms with Crippen molar-refractivity contribution in [1.29, 1.82) is 0 Å². The molecule has 2 aromatic rings. The molecule has 4 heterocycles. The zero-order chi connectivity index (χ0) is 14.4. The molecule has 0 unspecified atom stereocenters. The summed E-state index contributed by atoms with van der Waals surface area (Å²) in [5.41, 5.74) is 1.02. The fraction of sp³-hybridized carbons (Fsp3) is 0.615. The first-order valence-corrected chi connectivity index (χ1v) is 7.39. The van der Waals surface area contributed by atoms with Crippen molar-refractivity contribution in [2.75, 3.05) is 37.7 Å². The van der Waals surface area contributed by atoms with Crippen LogP contribution in [0, 0.1) is 0 Å². The lowest BCUT2D eigenvalue weighted by atomic mass is 10.4. The number of nitrogens with one attached hydrogen (secondary N) is 1. The van der Waals surface area contributed by atoms with Crippen LogP contribution in [0.1, 0.15) is 6.92 Å². The summed E-state index contributed by atoms with van der Waals surface area (Å²) in [7, 11) is 0. The van der Waals surface area contributed by atoms with Gasteiger partial charge in [0.1, 0.15) is 6.61 Å². The number of piperazine rings is 1. The third kappa shape index (κ3) is 1.82. The van der Waals surface area contributed by atoms with Crippen LogP contribution in [0.15, 0.2) is 4.79 Å². The maximum absolute atomic E-state index is 12.6. The van der Waals surface area contributed by atoms with Crippen molar-refractivity contribution in [3.8, 4) is 6.01 Å². The molecule has 4 rings (SSSR count). The van der Waals surface area contributed by atoms with Crippen molar-refractivity contribution in [3.63, 3.8) is 0 Å². The van der Waals surface area contributed by atoms with Gasteiger partial charge in [-0.1, -0.05) is 0 Å². The van der Waals surface area contributed by atoms with Crippen molar-refractivity contribution in [2.24, 2.45) is 0 Å². The van der Waals surface area contributed by atoms with Crippen molar-refractivity contribution in [1.82, 2.24) is 24.4 Å². The highest BCUT2D eigenvalue weighted by atomic mass is 16.5. The molecule has 0 atom stereocenters. The van der Waals surface area contributed by atoms with Gasteiger partial charge in [0, 0.05) is 32.7 Å². The Morgan fingerprint density at radius 3 is 2.81 bits per heavy atom. The first-order chi connectivity index (χ1) is 10.3. The molecule has 1 fully saturated rings. The monoisotopic (exact) mass is 290 g/mol. The molecule has 0 aliphatic carbocycles. The van der Waals surface area contributed by atoms with Gasteiger partial charge >= 0.3 is 6.01 Å². The van der Waals surface area contributed by atoms with E-state index in [0.717, 1.165) is 32.1 Å². The molecule has 21 heavy (non-hydrogen) atoms. The molecule has 0 bridgehead atoms. The minimum atomic E-state index is -0.0526. The van der Waals surface area contributed by atoms with Crippen LogP contribution in [-0.4, -0.2) is 51.9 Å². The molecule has 0 aromatic carbocycles. The normalized spacial score (nSPS) is 18.0. The molecule has 2 aliphatic heterocycles. The second-order valence-corrected chi connectivity index (χ2v) is 5.26. The van der Waals surface area contributed by atoms with Crippen LogP contribution in [-0.2, 0) is 13.1 Å². The number of rotatable bonds is 2. The molecule has 0 amide bonds. The van der Waals surface area contributed by atoms with Crippen LogP contribution in [0.4, 0.5) is 5.95 Å². The Hall–Kier alpha value is -2.09. The number of fused-ring (bicyclic) bond motifs is 2. The highest BCUT2D eigenvalue weighted by molar-refractivity contribution is 5.74. The van der Waals surface area contributed by atoms with Crippen molar-refractivity contribution >= 4 is 17.1 Å². The molecule has 2 aromatic heterocycles. The van der Waals surface area contributed by atoms with Crippen molar-refractivity contribution in [2.45, 2.75) is 20.0 Å². The molecule has 112 valence electrons. The minimum Gasteiger partial charge on any atom is -0.463 e. The summed E-state index contributed by atoms with van der Waals surface area (Å²) in [6.45, 7) is 7.44. The fourth-order valence-corrected chi connectivity index (χ4v) is 3.02. The van der Waals surface area contributed by atoms with Gasteiger partial charge in [-0.05, 0) is 6.92 Å². The van der Waals surface area contributed by atoms with E-state index in [2.05, 4.69) is 20.2 Å². The zero-order valence-electron chi connectivity index (χ0n) is 12.0. The van der Waals surface area contributed by atoms with E-state index in [-0.39, 0.29) is 5.56 Å². The van der Waals surface area contributed by atoms with Crippen LogP contribution >= 0.6 is 0 Å². The molecule has 1 N–H and O–H groups in total. The molecule has 8 heteroatoms. The first kappa shape index (κ1) is 12.6. The number of hydrogen-bond donors (Lipinski definition) is 1. The summed E-state index contributed by atoms with van der Waals surface area (Å²) in [4.78, 5) is 23.9. The maximum Gasteiger partial charge on any atom is 0.301 e. The van der Waals surface area contributed by atoms with E-state index in [0.29, 0.717) is 36.9 Å². The smallest absolute Gasteiger partial charge is 0.301 e. The highest BCUT2D eigenvalue weighted by Gasteiger charge is 2.25. The third-order valence-corrected chi connectivity index (χ3v) is 4.07. The summed E-state index contributed by atoms with van der Waals surface area (Å²) < 4.78 is 8.96. The standard InChI is InChI=1S/C13H18N6O2/c1-2-18-9-10(15-12(18)17-5-3-14-4-6-17)16-13-19(11(9)20)7-8-21-13/h14H,2-8H2,1H3. The second kappa shape index (κ2) is 4.73. The lowest BCUT2D eigenvalue weighted by molar-refractivity contribution is 0.345. The molecular formula is C13H18N6O2.